The van der Waals surface area contributed by atoms with Gasteiger partial charge < -0.3 is 9.84 Å². The lowest BCUT2D eigenvalue weighted by molar-refractivity contribution is -0.384. The van der Waals surface area contributed by atoms with Crippen molar-refractivity contribution in [2.45, 2.75) is 13.5 Å². The summed E-state index contributed by atoms with van der Waals surface area (Å²) in [7, 11) is 0. The number of hydrogen-bond donors (Lipinski definition) is 1. The highest BCUT2D eigenvalue weighted by Gasteiger charge is 2.35. The first-order chi connectivity index (χ1) is 13.8. The number of ether oxygens (including phenoxy) is 1. The highest BCUT2D eigenvalue weighted by Crippen LogP contribution is 2.39. The molecule has 150 valence electrons. The molecule has 0 unspecified atom stereocenters. The van der Waals surface area contributed by atoms with E-state index >= 15 is 0 Å². The van der Waals surface area contributed by atoms with Gasteiger partial charge in [-0.2, -0.15) is 0 Å². The number of thioether (sulfide) groups is 1. The van der Waals surface area contributed by atoms with E-state index in [1.165, 1.54) is 30.3 Å². The normalized spacial score (nSPS) is 15.2. The number of non-ortho nitro benzene ring substituents is 1. The van der Waals surface area contributed by atoms with Crippen molar-refractivity contribution in [2.24, 2.45) is 0 Å². The summed E-state index contributed by atoms with van der Waals surface area (Å²) in [6.45, 7) is 2.13. The number of carbonyl (C=O) groups is 2. The molecule has 29 heavy (non-hydrogen) atoms. The number of nitro groups is 1. The molecule has 0 bridgehead atoms. The SMILES string of the molecule is CCOc1cc(Br)cc(/C=C2\SC(=O)N(Cc3ccc([N+](=O)[O-])cc3)C2=O)c1O. The molecule has 0 aliphatic carbocycles. The van der Waals surface area contributed by atoms with Crippen molar-refractivity contribution in [1.29, 1.82) is 0 Å². The van der Waals surface area contributed by atoms with Crippen LogP contribution in [0.3, 0.4) is 0 Å². The van der Waals surface area contributed by atoms with Crippen LogP contribution in [0.15, 0.2) is 45.8 Å². The van der Waals surface area contributed by atoms with Crippen molar-refractivity contribution in [1.82, 2.24) is 4.90 Å². The molecular weight excluding hydrogens is 464 g/mol. The van der Waals surface area contributed by atoms with E-state index in [0.29, 0.717) is 22.2 Å². The van der Waals surface area contributed by atoms with Crippen molar-refractivity contribution in [3.8, 4) is 11.5 Å². The Morgan fingerprint density at radius 2 is 1.97 bits per heavy atom. The molecule has 2 aromatic carbocycles. The molecule has 0 aromatic heterocycles. The molecule has 1 aliphatic rings. The summed E-state index contributed by atoms with van der Waals surface area (Å²) in [6, 6.07) is 8.86. The molecule has 8 nitrogen and oxygen atoms in total. The smallest absolute Gasteiger partial charge is 0.293 e. The third-order valence-electron chi connectivity index (χ3n) is 4.02. The molecule has 3 rings (SSSR count). The fourth-order valence-electron chi connectivity index (χ4n) is 2.65. The molecule has 0 spiro atoms. The molecule has 0 atom stereocenters. The third kappa shape index (κ3) is 4.60. The highest BCUT2D eigenvalue weighted by atomic mass is 79.9. The minimum absolute atomic E-state index is 0.00529. The van der Waals surface area contributed by atoms with Gasteiger partial charge in [0.25, 0.3) is 16.8 Å². The number of imide groups is 1. The first-order valence-corrected chi connectivity index (χ1v) is 10.0. The number of nitro benzene ring substituents is 1. The predicted octanol–water partition coefficient (Wildman–Crippen LogP) is 4.70. The zero-order valence-corrected chi connectivity index (χ0v) is 17.5. The number of nitrogens with zero attached hydrogens (tertiary/aromatic N) is 2. The maximum absolute atomic E-state index is 12.7. The molecule has 1 heterocycles. The van der Waals surface area contributed by atoms with Gasteiger partial charge >= 0.3 is 0 Å². The highest BCUT2D eigenvalue weighted by molar-refractivity contribution is 9.10. The molecule has 10 heteroatoms. The van der Waals surface area contributed by atoms with E-state index in [4.69, 9.17) is 4.74 Å². The molecule has 1 saturated heterocycles. The van der Waals surface area contributed by atoms with Gasteiger partial charge in [0.1, 0.15) is 0 Å². The zero-order valence-electron chi connectivity index (χ0n) is 15.1. The Hall–Kier alpha value is -2.85. The van der Waals surface area contributed by atoms with Crippen molar-refractivity contribution in [2.75, 3.05) is 6.61 Å². The van der Waals surface area contributed by atoms with Crippen molar-refractivity contribution >= 4 is 50.6 Å². The largest absolute Gasteiger partial charge is 0.504 e. The molecule has 1 N–H and O–H groups in total. The standard InChI is InChI=1S/C19H15BrN2O6S/c1-2-28-15-9-13(20)7-12(17(15)23)8-16-18(24)21(19(25)29-16)10-11-3-5-14(6-4-11)22(26)27/h3-9,23H,2,10H2,1H3/b16-8-. The minimum atomic E-state index is -0.520. The Kier molecular flexibility index (Phi) is 6.23. The molecule has 1 fully saturated rings. The van der Waals surface area contributed by atoms with Crippen LogP contribution in [-0.2, 0) is 11.3 Å². The van der Waals surface area contributed by atoms with Crippen LogP contribution in [0.4, 0.5) is 10.5 Å². The Bertz CT molecular complexity index is 1020. The summed E-state index contributed by atoms with van der Waals surface area (Å²) in [5.74, 6) is -0.369. The van der Waals surface area contributed by atoms with E-state index < -0.39 is 16.1 Å². The summed E-state index contributed by atoms with van der Waals surface area (Å²) in [4.78, 5) is 36.4. The second kappa shape index (κ2) is 8.66. The van der Waals surface area contributed by atoms with E-state index in [2.05, 4.69) is 15.9 Å². The lowest BCUT2D eigenvalue weighted by Crippen LogP contribution is -2.27. The monoisotopic (exact) mass is 478 g/mol. The quantitative estimate of drug-likeness (QED) is 0.363. The maximum Gasteiger partial charge on any atom is 0.293 e. The van der Waals surface area contributed by atoms with E-state index in [1.807, 2.05) is 0 Å². The van der Waals surface area contributed by atoms with Crippen molar-refractivity contribution in [3.63, 3.8) is 0 Å². The summed E-state index contributed by atoms with van der Waals surface area (Å²) in [6.07, 6.45) is 1.43. The summed E-state index contributed by atoms with van der Waals surface area (Å²) < 4.78 is 6.02. The number of amides is 2. The summed E-state index contributed by atoms with van der Waals surface area (Å²) in [5, 5.41) is 20.6. The first kappa shape index (κ1) is 20.9. The predicted molar refractivity (Wildman–Crippen MR) is 112 cm³/mol. The van der Waals surface area contributed by atoms with E-state index in [9.17, 15) is 24.8 Å². The summed E-state index contributed by atoms with van der Waals surface area (Å²) >= 11 is 4.09. The van der Waals surface area contributed by atoms with Gasteiger partial charge in [-0.1, -0.05) is 28.1 Å². The number of hydrogen-bond acceptors (Lipinski definition) is 7. The van der Waals surface area contributed by atoms with Gasteiger partial charge in [-0.25, -0.2) is 0 Å². The number of halogens is 1. The number of benzene rings is 2. The molecule has 0 saturated carbocycles. The Labute approximate surface area is 178 Å². The van der Waals surface area contributed by atoms with E-state index in [0.717, 1.165) is 16.7 Å². The second-order valence-corrected chi connectivity index (χ2v) is 7.88. The number of phenols is 1. The van der Waals surface area contributed by atoms with Crippen LogP contribution in [-0.4, -0.2) is 32.7 Å². The zero-order chi connectivity index (χ0) is 21.1. The van der Waals surface area contributed by atoms with E-state index in [1.54, 1.807) is 19.1 Å². The number of aromatic hydroxyl groups is 1. The molecular formula is C19H15BrN2O6S. The topological polar surface area (TPSA) is 110 Å². The number of rotatable bonds is 6. The maximum atomic E-state index is 12.7. The Morgan fingerprint density at radius 3 is 2.59 bits per heavy atom. The number of phenolic OH excluding ortho intramolecular Hbond substituents is 1. The van der Waals surface area contributed by atoms with Crippen LogP contribution >= 0.6 is 27.7 Å². The lowest BCUT2D eigenvalue weighted by atomic mass is 10.1. The van der Waals surface area contributed by atoms with Crippen molar-refractivity contribution < 1.29 is 24.4 Å². The van der Waals surface area contributed by atoms with Crippen LogP contribution in [0, 0.1) is 10.1 Å². The third-order valence-corrected chi connectivity index (χ3v) is 5.38. The molecule has 2 amide bonds. The van der Waals surface area contributed by atoms with Gasteiger partial charge in [0.15, 0.2) is 11.5 Å². The Morgan fingerprint density at radius 1 is 1.28 bits per heavy atom. The first-order valence-electron chi connectivity index (χ1n) is 8.44. The van der Waals surface area contributed by atoms with Gasteiger partial charge in [-0.05, 0) is 42.5 Å². The average Bonchev–Trinajstić information content (AvgIpc) is 2.93. The van der Waals surface area contributed by atoms with Crippen molar-refractivity contribution in [3.05, 3.63) is 67.0 Å². The minimum Gasteiger partial charge on any atom is -0.504 e. The van der Waals surface area contributed by atoms with Gasteiger partial charge in [0.05, 0.1) is 23.0 Å². The second-order valence-electron chi connectivity index (χ2n) is 5.97. The van der Waals surface area contributed by atoms with Crippen LogP contribution < -0.4 is 4.74 Å². The lowest BCUT2D eigenvalue weighted by Gasteiger charge is -2.12. The molecule has 2 aromatic rings. The fourth-order valence-corrected chi connectivity index (χ4v) is 3.94. The summed E-state index contributed by atoms with van der Waals surface area (Å²) in [5.41, 5.74) is 0.852. The van der Waals surface area contributed by atoms with Gasteiger partial charge in [0, 0.05) is 22.2 Å². The van der Waals surface area contributed by atoms with Crippen LogP contribution in [0.1, 0.15) is 18.1 Å². The van der Waals surface area contributed by atoms with Gasteiger partial charge in [0.2, 0.25) is 0 Å². The fraction of sp³-hybridized carbons (Fsp3) is 0.158. The molecule has 1 aliphatic heterocycles. The van der Waals surface area contributed by atoms with Gasteiger partial charge in [-0.3, -0.25) is 24.6 Å². The average molecular weight is 479 g/mol. The van der Waals surface area contributed by atoms with Crippen LogP contribution in [0.25, 0.3) is 6.08 Å². The Balaban J connectivity index is 1.84. The molecule has 0 radical (unpaired) electrons. The van der Waals surface area contributed by atoms with Crippen LogP contribution in [0.5, 0.6) is 11.5 Å². The van der Waals surface area contributed by atoms with Gasteiger partial charge in [-0.15, -0.1) is 0 Å². The van der Waals surface area contributed by atoms with Crippen LogP contribution in [0.2, 0.25) is 0 Å². The number of carbonyl (C=O) groups excluding carboxylic acids is 2. The van der Waals surface area contributed by atoms with E-state index in [-0.39, 0.29) is 28.6 Å².